The molecule has 0 aromatic heterocycles. The Balaban J connectivity index is 1.70. The topological polar surface area (TPSA) is 33.7 Å². The molecule has 4 nitrogen and oxygen atoms in total. The summed E-state index contributed by atoms with van der Waals surface area (Å²) in [7, 11) is 1.65. The standard InChI is InChI=1S/C18H20Cl2N2O2/c1-23-18-5-2-14(19)10-13(18)12-21-15-3-4-17(16(20)11-15)22-6-8-24-9-7-22/h2-5,10-11,21H,6-9,12H2,1H3. The van der Waals surface area contributed by atoms with Crippen LogP contribution in [0.15, 0.2) is 36.4 Å². The fourth-order valence-electron chi connectivity index (χ4n) is 2.76. The molecule has 3 rings (SSSR count). The number of methoxy groups -OCH3 is 1. The van der Waals surface area contributed by atoms with Crippen molar-refractivity contribution in [2.75, 3.05) is 43.6 Å². The Labute approximate surface area is 152 Å². The minimum atomic E-state index is 0.608. The van der Waals surface area contributed by atoms with Gasteiger partial charge in [0.2, 0.25) is 0 Å². The second-order valence-electron chi connectivity index (χ2n) is 5.58. The molecular formula is C18H20Cl2N2O2. The summed E-state index contributed by atoms with van der Waals surface area (Å²) in [5.74, 6) is 0.808. The van der Waals surface area contributed by atoms with Gasteiger partial charge in [-0.2, -0.15) is 0 Å². The van der Waals surface area contributed by atoms with E-state index in [2.05, 4.69) is 10.2 Å². The quantitative estimate of drug-likeness (QED) is 0.847. The Morgan fingerprint density at radius 1 is 1.12 bits per heavy atom. The molecule has 1 aliphatic heterocycles. The molecule has 0 radical (unpaired) electrons. The van der Waals surface area contributed by atoms with E-state index in [1.165, 1.54) is 0 Å². The number of nitrogens with zero attached hydrogens (tertiary/aromatic N) is 1. The zero-order chi connectivity index (χ0) is 16.9. The van der Waals surface area contributed by atoms with E-state index in [0.717, 1.165) is 54.0 Å². The minimum absolute atomic E-state index is 0.608. The van der Waals surface area contributed by atoms with Gasteiger partial charge in [-0.05, 0) is 36.4 Å². The smallest absolute Gasteiger partial charge is 0.123 e. The number of hydrogen-bond acceptors (Lipinski definition) is 4. The maximum Gasteiger partial charge on any atom is 0.123 e. The van der Waals surface area contributed by atoms with Crippen molar-refractivity contribution in [3.63, 3.8) is 0 Å². The highest BCUT2D eigenvalue weighted by molar-refractivity contribution is 6.33. The van der Waals surface area contributed by atoms with Gasteiger partial charge >= 0.3 is 0 Å². The highest BCUT2D eigenvalue weighted by atomic mass is 35.5. The van der Waals surface area contributed by atoms with Gasteiger partial charge in [-0.25, -0.2) is 0 Å². The number of hydrogen-bond donors (Lipinski definition) is 1. The zero-order valence-corrected chi connectivity index (χ0v) is 15.0. The van der Waals surface area contributed by atoms with E-state index in [9.17, 15) is 0 Å². The highest BCUT2D eigenvalue weighted by Gasteiger charge is 2.14. The third-order valence-corrected chi connectivity index (χ3v) is 4.56. The summed E-state index contributed by atoms with van der Waals surface area (Å²) in [5, 5.41) is 4.79. The van der Waals surface area contributed by atoms with Crippen LogP contribution < -0.4 is 15.0 Å². The van der Waals surface area contributed by atoms with Crippen molar-refractivity contribution in [1.29, 1.82) is 0 Å². The first-order valence-electron chi connectivity index (χ1n) is 7.86. The van der Waals surface area contributed by atoms with Gasteiger partial charge in [0.1, 0.15) is 5.75 Å². The zero-order valence-electron chi connectivity index (χ0n) is 13.5. The average Bonchev–Trinajstić information content (AvgIpc) is 2.61. The molecule has 1 fully saturated rings. The molecule has 2 aromatic carbocycles. The number of rotatable bonds is 5. The summed E-state index contributed by atoms with van der Waals surface area (Å²) in [6, 6.07) is 11.6. The average molecular weight is 367 g/mol. The molecule has 0 amide bonds. The van der Waals surface area contributed by atoms with E-state index in [-0.39, 0.29) is 0 Å². The molecule has 128 valence electrons. The van der Waals surface area contributed by atoms with Crippen molar-refractivity contribution in [1.82, 2.24) is 0 Å². The van der Waals surface area contributed by atoms with Crippen molar-refractivity contribution in [2.45, 2.75) is 6.54 Å². The van der Waals surface area contributed by atoms with E-state index in [0.29, 0.717) is 11.6 Å². The second-order valence-corrected chi connectivity index (χ2v) is 6.42. The normalized spacial score (nSPS) is 14.5. The molecule has 1 saturated heterocycles. The van der Waals surface area contributed by atoms with E-state index < -0.39 is 0 Å². The van der Waals surface area contributed by atoms with Crippen molar-refractivity contribution in [3.8, 4) is 5.75 Å². The Hall–Kier alpha value is -1.62. The van der Waals surface area contributed by atoms with Gasteiger partial charge < -0.3 is 19.7 Å². The van der Waals surface area contributed by atoms with Gasteiger partial charge in [0.15, 0.2) is 0 Å². The van der Waals surface area contributed by atoms with Crippen LogP contribution in [-0.4, -0.2) is 33.4 Å². The maximum atomic E-state index is 6.46. The molecule has 2 aromatic rings. The van der Waals surface area contributed by atoms with Crippen LogP contribution in [-0.2, 0) is 11.3 Å². The summed E-state index contributed by atoms with van der Waals surface area (Å²) >= 11 is 12.5. The molecule has 0 spiro atoms. The first kappa shape index (κ1) is 17.2. The van der Waals surface area contributed by atoms with E-state index >= 15 is 0 Å². The van der Waals surface area contributed by atoms with Gasteiger partial charge in [-0.15, -0.1) is 0 Å². The van der Waals surface area contributed by atoms with Crippen LogP contribution in [0, 0.1) is 0 Å². The lowest BCUT2D eigenvalue weighted by molar-refractivity contribution is 0.122. The monoisotopic (exact) mass is 366 g/mol. The van der Waals surface area contributed by atoms with Crippen molar-refractivity contribution < 1.29 is 9.47 Å². The number of morpholine rings is 1. The summed E-state index contributed by atoms with van der Waals surface area (Å²) in [5.41, 5.74) is 3.00. The van der Waals surface area contributed by atoms with Crippen LogP contribution in [0.2, 0.25) is 10.0 Å². The van der Waals surface area contributed by atoms with Gasteiger partial charge in [0.05, 0.1) is 31.0 Å². The Bertz CT molecular complexity index is 703. The van der Waals surface area contributed by atoms with E-state index in [1.807, 2.05) is 36.4 Å². The Morgan fingerprint density at radius 2 is 1.92 bits per heavy atom. The summed E-state index contributed by atoms with van der Waals surface area (Å²) in [6.07, 6.45) is 0. The van der Waals surface area contributed by atoms with Crippen molar-refractivity contribution in [2.24, 2.45) is 0 Å². The molecule has 1 aliphatic rings. The van der Waals surface area contributed by atoms with E-state index in [4.69, 9.17) is 32.7 Å². The Morgan fingerprint density at radius 3 is 2.62 bits per heavy atom. The third-order valence-electron chi connectivity index (χ3n) is 4.02. The van der Waals surface area contributed by atoms with Gasteiger partial charge in [-0.1, -0.05) is 23.2 Å². The molecule has 0 bridgehead atoms. The molecule has 0 atom stereocenters. The molecular weight excluding hydrogens is 347 g/mol. The summed E-state index contributed by atoms with van der Waals surface area (Å²) in [4.78, 5) is 2.25. The van der Waals surface area contributed by atoms with Gasteiger partial charge in [0, 0.05) is 35.9 Å². The predicted octanol–water partition coefficient (Wildman–Crippen LogP) is 4.45. The molecule has 0 aliphatic carbocycles. The fourth-order valence-corrected chi connectivity index (χ4v) is 3.25. The van der Waals surface area contributed by atoms with Crippen LogP contribution in [0.1, 0.15) is 5.56 Å². The van der Waals surface area contributed by atoms with Crippen molar-refractivity contribution >= 4 is 34.6 Å². The van der Waals surface area contributed by atoms with E-state index in [1.54, 1.807) is 7.11 Å². The summed E-state index contributed by atoms with van der Waals surface area (Å²) in [6.45, 7) is 3.82. The van der Waals surface area contributed by atoms with Crippen LogP contribution in [0.4, 0.5) is 11.4 Å². The molecule has 6 heteroatoms. The lowest BCUT2D eigenvalue weighted by Crippen LogP contribution is -2.36. The highest BCUT2D eigenvalue weighted by Crippen LogP contribution is 2.30. The largest absolute Gasteiger partial charge is 0.496 e. The third kappa shape index (κ3) is 4.07. The van der Waals surface area contributed by atoms with Crippen LogP contribution in [0.5, 0.6) is 5.75 Å². The van der Waals surface area contributed by atoms with Crippen LogP contribution in [0.3, 0.4) is 0 Å². The van der Waals surface area contributed by atoms with Crippen LogP contribution in [0.25, 0.3) is 0 Å². The lowest BCUT2D eigenvalue weighted by atomic mass is 10.2. The lowest BCUT2D eigenvalue weighted by Gasteiger charge is -2.29. The maximum absolute atomic E-state index is 6.46. The van der Waals surface area contributed by atoms with Crippen molar-refractivity contribution in [3.05, 3.63) is 52.0 Å². The van der Waals surface area contributed by atoms with Crippen LogP contribution >= 0.6 is 23.2 Å². The minimum Gasteiger partial charge on any atom is -0.496 e. The van der Waals surface area contributed by atoms with Gasteiger partial charge in [0.25, 0.3) is 0 Å². The Kier molecular flexibility index (Phi) is 5.72. The number of halogens is 2. The molecule has 0 saturated carbocycles. The predicted molar refractivity (Wildman–Crippen MR) is 99.8 cm³/mol. The molecule has 1 N–H and O–H groups in total. The second kappa shape index (κ2) is 7.97. The first-order valence-corrected chi connectivity index (χ1v) is 8.61. The number of ether oxygens (including phenoxy) is 2. The number of nitrogens with one attached hydrogen (secondary N) is 1. The van der Waals surface area contributed by atoms with Gasteiger partial charge in [-0.3, -0.25) is 0 Å². The summed E-state index contributed by atoms with van der Waals surface area (Å²) < 4.78 is 10.8. The number of benzene rings is 2. The fraction of sp³-hybridized carbons (Fsp3) is 0.333. The molecule has 0 unspecified atom stereocenters. The SMILES string of the molecule is COc1ccc(Cl)cc1CNc1ccc(N2CCOCC2)c(Cl)c1. The number of anilines is 2. The molecule has 24 heavy (non-hydrogen) atoms. The first-order chi connectivity index (χ1) is 11.7. The molecule has 1 heterocycles.